The fourth-order valence-electron chi connectivity index (χ4n) is 2.21. The topological polar surface area (TPSA) is 95.7 Å². The van der Waals surface area contributed by atoms with Gasteiger partial charge in [-0.15, -0.1) is 0 Å². The molecule has 2 atom stereocenters. The van der Waals surface area contributed by atoms with Crippen LogP contribution >= 0.6 is 0 Å². The van der Waals surface area contributed by atoms with Crippen molar-refractivity contribution in [2.75, 3.05) is 19.6 Å². The molecule has 1 heterocycles. The predicted octanol–water partition coefficient (Wildman–Crippen LogP) is -0.221. The Labute approximate surface area is 108 Å². The molecule has 0 bridgehead atoms. The van der Waals surface area contributed by atoms with E-state index in [2.05, 4.69) is 10.2 Å². The van der Waals surface area contributed by atoms with Gasteiger partial charge in [0.25, 0.3) is 0 Å². The Morgan fingerprint density at radius 1 is 1.33 bits per heavy atom. The normalized spacial score (nSPS) is 20.1. The van der Waals surface area contributed by atoms with Crippen molar-refractivity contribution in [1.82, 2.24) is 10.2 Å². The second-order valence-electron chi connectivity index (χ2n) is 4.98. The number of aliphatic carboxylic acids is 1. The molecule has 1 aliphatic heterocycles. The molecule has 0 spiro atoms. The third kappa shape index (κ3) is 5.46. The maximum absolute atomic E-state index is 11.6. The van der Waals surface area contributed by atoms with E-state index < -0.39 is 12.0 Å². The van der Waals surface area contributed by atoms with Gasteiger partial charge in [0.1, 0.15) is 0 Å². The zero-order chi connectivity index (χ0) is 13.5. The van der Waals surface area contributed by atoms with Gasteiger partial charge in [0.05, 0.1) is 12.5 Å². The van der Waals surface area contributed by atoms with E-state index in [1.165, 1.54) is 19.3 Å². The lowest BCUT2D eigenvalue weighted by Gasteiger charge is -2.29. The molecule has 2 unspecified atom stereocenters. The van der Waals surface area contributed by atoms with Gasteiger partial charge in [-0.05, 0) is 32.9 Å². The second-order valence-corrected chi connectivity index (χ2v) is 4.98. The number of nitrogens with two attached hydrogens (primary N) is 1. The minimum atomic E-state index is -1.05. The van der Waals surface area contributed by atoms with Gasteiger partial charge in [0, 0.05) is 12.6 Å². The van der Waals surface area contributed by atoms with E-state index in [0.717, 1.165) is 19.6 Å². The Kier molecular flexibility index (Phi) is 6.07. The van der Waals surface area contributed by atoms with E-state index in [9.17, 15) is 9.59 Å². The Hall–Kier alpha value is -1.14. The number of rotatable bonds is 6. The van der Waals surface area contributed by atoms with Gasteiger partial charge >= 0.3 is 5.97 Å². The Morgan fingerprint density at radius 2 is 1.94 bits per heavy atom. The first-order valence-electron chi connectivity index (χ1n) is 6.49. The van der Waals surface area contributed by atoms with E-state index in [0.29, 0.717) is 0 Å². The summed E-state index contributed by atoms with van der Waals surface area (Å²) in [6.07, 6.45) is 3.36. The molecule has 0 saturated carbocycles. The largest absolute Gasteiger partial charge is 0.481 e. The van der Waals surface area contributed by atoms with Crippen molar-refractivity contribution in [1.29, 1.82) is 0 Å². The van der Waals surface area contributed by atoms with Gasteiger partial charge in [0.15, 0.2) is 0 Å². The summed E-state index contributed by atoms with van der Waals surface area (Å²) >= 11 is 0. The van der Waals surface area contributed by atoms with Crippen molar-refractivity contribution >= 4 is 11.9 Å². The van der Waals surface area contributed by atoms with Crippen LogP contribution in [0, 0.1) is 0 Å². The lowest BCUT2D eigenvalue weighted by molar-refractivity contribution is -0.139. The number of carbonyl (C=O) groups is 2. The highest BCUT2D eigenvalue weighted by molar-refractivity contribution is 5.86. The van der Waals surface area contributed by atoms with Crippen LogP contribution in [0.3, 0.4) is 0 Å². The molecule has 6 nitrogen and oxygen atoms in total. The summed E-state index contributed by atoms with van der Waals surface area (Å²) in [7, 11) is 0. The first-order valence-corrected chi connectivity index (χ1v) is 6.49. The van der Waals surface area contributed by atoms with Crippen LogP contribution in [0.5, 0.6) is 0 Å². The molecule has 18 heavy (non-hydrogen) atoms. The van der Waals surface area contributed by atoms with Gasteiger partial charge in [-0.2, -0.15) is 0 Å². The molecule has 0 aromatic carbocycles. The maximum atomic E-state index is 11.6. The summed E-state index contributed by atoms with van der Waals surface area (Å²) in [5.41, 5.74) is 5.49. The van der Waals surface area contributed by atoms with Crippen molar-refractivity contribution in [3.05, 3.63) is 0 Å². The lowest BCUT2D eigenvalue weighted by atomic mass is 10.1. The van der Waals surface area contributed by atoms with Crippen molar-refractivity contribution in [2.24, 2.45) is 5.73 Å². The van der Waals surface area contributed by atoms with Crippen molar-refractivity contribution in [3.63, 3.8) is 0 Å². The summed E-state index contributed by atoms with van der Waals surface area (Å²) in [5, 5.41) is 11.3. The van der Waals surface area contributed by atoms with Gasteiger partial charge in [0.2, 0.25) is 5.91 Å². The number of carboxylic acid groups (broad SMARTS) is 1. The number of carbonyl (C=O) groups excluding carboxylic acids is 1. The van der Waals surface area contributed by atoms with Crippen LogP contribution in [-0.2, 0) is 9.59 Å². The number of hydrogen-bond donors (Lipinski definition) is 3. The van der Waals surface area contributed by atoms with Crippen LogP contribution in [0.1, 0.15) is 32.6 Å². The van der Waals surface area contributed by atoms with Crippen LogP contribution in [0.4, 0.5) is 0 Å². The molecular formula is C12H23N3O3. The molecule has 1 rings (SSSR count). The zero-order valence-corrected chi connectivity index (χ0v) is 10.9. The summed E-state index contributed by atoms with van der Waals surface area (Å²) in [6.45, 7) is 4.86. The molecule has 6 heteroatoms. The number of nitrogens with one attached hydrogen (secondary N) is 1. The Morgan fingerprint density at radius 3 is 2.50 bits per heavy atom. The number of likely N-dealkylation sites (tertiary alicyclic amines) is 1. The standard InChI is InChI=1S/C12H23N3O3/c1-9(8-15-5-3-2-4-6-15)14-12(18)10(13)7-11(16)17/h9-10H,2-8,13H2,1H3,(H,14,18)(H,16,17). The van der Waals surface area contributed by atoms with E-state index in [1.807, 2.05) is 6.92 Å². The zero-order valence-electron chi connectivity index (χ0n) is 10.9. The quantitative estimate of drug-likeness (QED) is 0.611. The molecule has 1 aliphatic rings. The highest BCUT2D eigenvalue weighted by Crippen LogP contribution is 2.08. The summed E-state index contributed by atoms with van der Waals surface area (Å²) in [4.78, 5) is 24.4. The smallest absolute Gasteiger partial charge is 0.305 e. The first kappa shape index (κ1) is 14.9. The van der Waals surface area contributed by atoms with Crippen LogP contribution in [0.2, 0.25) is 0 Å². The van der Waals surface area contributed by atoms with E-state index in [1.54, 1.807) is 0 Å². The van der Waals surface area contributed by atoms with Gasteiger partial charge in [-0.3, -0.25) is 9.59 Å². The monoisotopic (exact) mass is 257 g/mol. The molecular weight excluding hydrogens is 234 g/mol. The summed E-state index contributed by atoms with van der Waals surface area (Å²) in [5.74, 6) is -1.44. The lowest BCUT2D eigenvalue weighted by Crippen LogP contribution is -2.49. The van der Waals surface area contributed by atoms with Crippen LogP contribution in [0.15, 0.2) is 0 Å². The van der Waals surface area contributed by atoms with Crippen LogP contribution < -0.4 is 11.1 Å². The SMILES string of the molecule is CC(CN1CCCCC1)NC(=O)C(N)CC(=O)O. The molecule has 0 radical (unpaired) electrons. The van der Waals surface area contributed by atoms with E-state index in [4.69, 9.17) is 10.8 Å². The number of hydrogen-bond acceptors (Lipinski definition) is 4. The molecule has 1 saturated heterocycles. The Bertz CT molecular complexity index is 290. The van der Waals surface area contributed by atoms with Crippen LogP contribution in [-0.4, -0.2) is 53.6 Å². The third-order valence-corrected chi connectivity index (χ3v) is 3.10. The Balaban J connectivity index is 2.27. The number of amides is 1. The van der Waals surface area contributed by atoms with Crippen molar-refractivity contribution < 1.29 is 14.7 Å². The fourth-order valence-corrected chi connectivity index (χ4v) is 2.21. The average Bonchev–Trinajstić information content (AvgIpc) is 2.29. The third-order valence-electron chi connectivity index (χ3n) is 3.10. The summed E-state index contributed by atoms with van der Waals surface area (Å²) in [6, 6.07) is -0.971. The summed E-state index contributed by atoms with van der Waals surface area (Å²) < 4.78 is 0. The average molecular weight is 257 g/mol. The molecule has 1 amide bonds. The number of nitrogens with zero attached hydrogens (tertiary/aromatic N) is 1. The molecule has 104 valence electrons. The number of piperidine rings is 1. The molecule has 1 fully saturated rings. The highest BCUT2D eigenvalue weighted by atomic mass is 16.4. The minimum absolute atomic E-state index is 0.00422. The first-order chi connectivity index (χ1) is 8.49. The second kappa shape index (κ2) is 7.33. The minimum Gasteiger partial charge on any atom is -0.481 e. The predicted molar refractivity (Wildman–Crippen MR) is 68.1 cm³/mol. The van der Waals surface area contributed by atoms with Crippen molar-refractivity contribution in [2.45, 2.75) is 44.7 Å². The van der Waals surface area contributed by atoms with Crippen molar-refractivity contribution in [3.8, 4) is 0 Å². The maximum Gasteiger partial charge on any atom is 0.305 e. The molecule has 0 aliphatic carbocycles. The van der Waals surface area contributed by atoms with E-state index in [-0.39, 0.29) is 18.4 Å². The van der Waals surface area contributed by atoms with Gasteiger partial charge in [-0.25, -0.2) is 0 Å². The van der Waals surface area contributed by atoms with Gasteiger partial charge in [-0.1, -0.05) is 6.42 Å². The molecule has 0 aromatic rings. The fraction of sp³-hybridized carbons (Fsp3) is 0.833. The molecule has 0 aromatic heterocycles. The van der Waals surface area contributed by atoms with E-state index >= 15 is 0 Å². The van der Waals surface area contributed by atoms with Gasteiger partial charge < -0.3 is 21.1 Å². The number of carboxylic acids is 1. The highest BCUT2D eigenvalue weighted by Gasteiger charge is 2.20. The van der Waals surface area contributed by atoms with Crippen LogP contribution in [0.25, 0.3) is 0 Å². The molecule has 4 N–H and O–H groups in total.